The summed E-state index contributed by atoms with van der Waals surface area (Å²) >= 11 is 1.61. The number of likely N-dealkylation sites (tertiary alicyclic amines) is 1. The number of rotatable bonds is 5. The molecule has 134 valence electrons. The van der Waals surface area contributed by atoms with Crippen molar-refractivity contribution in [3.63, 3.8) is 0 Å². The first-order valence-corrected chi connectivity index (χ1v) is 9.64. The Morgan fingerprint density at radius 2 is 2.24 bits per heavy atom. The topological polar surface area (TPSA) is 64.4 Å². The van der Waals surface area contributed by atoms with Crippen LogP contribution in [0.1, 0.15) is 37.2 Å². The van der Waals surface area contributed by atoms with Crippen molar-refractivity contribution in [2.75, 3.05) is 19.7 Å². The van der Waals surface area contributed by atoms with Crippen LogP contribution in [0.25, 0.3) is 11.3 Å². The molecule has 25 heavy (non-hydrogen) atoms. The third kappa shape index (κ3) is 3.76. The van der Waals surface area contributed by atoms with Crippen molar-refractivity contribution in [3.8, 4) is 11.3 Å². The van der Waals surface area contributed by atoms with Crippen LogP contribution in [0.3, 0.4) is 0 Å². The maximum Gasteiger partial charge on any atom is 0.310 e. The standard InChI is InChI=1S/C18H23N3O3S/c1-3-21-16(10-15(19-21)14-7-9-25-12-14)17(22)20-8-5-6-13(11-20)18(23)24-4-2/h7,9-10,12-13H,3-6,8,11H2,1-2H3. The highest BCUT2D eigenvalue weighted by atomic mass is 32.1. The number of carbonyl (C=O) groups is 2. The lowest BCUT2D eigenvalue weighted by atomic mass is 9.98. The first-order valence-electron chi connectivity index (χ1n) is 8.70. The zero-order chi connectivity index (χ0) is 17.8. The van der Waals surface area contributed by atoms with E-state index in [0.717, 1.165) is 24.1 Å². The van der Waals surface area contributed by atoms with Gasteiger partial charge in [-0.25, -0.2) is 0 Å². The van der Waals surface area contributed by atoms with Gasteiger partial charge in [0.05, 0.1) is 18.2 Å². The average molecular weight is 361 g/mol. The van der Waals surface area contributed by atoms with Crippen molar-refractivity contribution in [2.24, 2.45) is 5.92 Å². The molecule has 0 aliphatic carbocycles. The largest absolute Gasteiger partial charge is 0.466 e. The molecule has 6 nitrogen and oxygen atoms in total. The molecule has 0 N–H and O–H groups in total. The second-order valence-electron chi connectivity index (χ2n) is 6.08. The second-order valence-corrected chi connectivity index (χ2v) is 6.87. The Balaban J connectivity index is 1.79. The summed E-state index contributed by atoms with van der Waals surface area (Å²) in [6.07, 6.45) is 1.59. The predicted octanol–water partition coefficient (Wildman–Crippen LogP) is 3.05. The maximum absolute atomic E-state index is 13.0. The third-order valence-corrected chi connectivity index (χ3v) is 5.13. The number of esters is 1. The molecular weight excluding hydrogens is 338 g/mol. The highest BCUT2D eigenvalue weighted by Gasteiger charge is 2.31. The average Bonchev–Trinajstić information content (AvgIpc) is 3.30. The van der Waals surface area contributed by atoms with Crippen molar-refractivity contribution < 1.29 is 14.3 Å². The van der Waals surface area contributed by atoms with E-state index in [1.807, 2.05) is 29.8 Å². The van der Waals surface area contributed by atoms with E-state index in [0.29, 0.717) is 31.9 Å². The van der Waals surface area contributed by atoms with E-state index in [2.05, 4.69) is 5.10 Å². The Morgan fingerprint density at radius 3 is 2.92 bits per heavy atom. The fourth-order valence-electron chi connectivity index (χ4n) is 3.16. The molecule has 0 aromatic carbocycles. The summed E-state index contributed by atoms with van der Waals surface area (Å²) in [4.78, 5) is 26.8. The molecule has 0 saturated carbocycles. The summed E-state index contributed by atoms with van der Waals surface area (Å²) < 4.78 is 6.86. The summed E-state index contributed by atoms with van der Waals surface area (Å²) in [5.74, 6) is -0.500. The minimum Gasteiger partial charge on any atom is -0.466 e. The molecule has 2 aromatic heterocycles. The first kappa shape index (κ1) is 17.7. The first-order chi connectivity index (χ1) is 12.1. The number of hydrogen-bond donors (Lipinski definition) is 0. The molecule has 3 heterocycles. The van der Waals surface area contributed by atoms with Crippen LogP contribution in [0.4, 0.5) is 0 Å². The molecular formula is C18H23N3O3S. The molecule has 1 saturated heterocycles. The molecule has 1 aliphatic heterocycles. The van der Waals surface area contributed by atoms with Gasteiger partial charge >= 0.3 is 5.97 Å². The molecule has 1 aliphatic rings. The second kappa shape index (κ2) is 7.82. The Hall–Kier alpha value is -2.15. The lowest BCUT2D eigenvalue weighted by Gasteiger charge is -2.31. The van der Waals surface area contributed by atoms with Gasteiger partial charge in [-0.05, 0) is 44.2 Å². The van der Waals surface area contributed by atoms with Gasteiger partial charge in [-0.1, -0.05) is 0 Å². The Morgan fingerprint density at radius 1 is 1.40 bits per heavy atom. The van der Waals surface area contributed by atoms with Crippen LogP contribution in [0.5, 0.6) is 0 Å². The van der Waals surface area contributed by atoms with Crippen LogP contribution in [-0.2, 0) is 16.1 Å². The van der Waals surface area contributed by atoms with E-state index >= 15 is 0 Å². The Labute approximate surface area is 151 Å². The van der Waals surface area contributed by atoms with Gasteiger partial charge in [0.2, 0.25) is 0 Å². The quantitative estimate of drug-likeness (QED) is 0.768. The van der Waals surface area contributed by atoms with Crippen LogP contribution >= 0.6 is 11.3 Å². The van der Waals surface area contributed by atoms with Crippen LogP contribution in [-0.4, -0.2) is 46.3 Å². The van der Waals surface area contributed by atoms with E-state index in [1.54, 1.807) is 27.8 Å². The molecule has 1 unspecified atom stereocenters. The molecule has 7 heteroatoms. The van der Waals surface area contributed by atoms with E-state index in [1.165, 1.54) is 0 Å². The minimum absolute atomic E-state index is 0.0650. The lowest BCUT2D eigenvalue weighted by Crippen LogP contribution is -2.43. The molecule has 1 amide bonds. The number of nitrogens with zero attached hydrogens (tertiary/aromatic N) is 3. The molecule has 1 fully saturated rings. The minimum atomic E-state index is -0.230. The van der Waals surface area contributed by atoms with Crippen LogP contribution in [0.2, 0.25) is 0 Å². The number of aryl methyl sites for hydroxylation is 1. The number of amides is 1. The van der Waals surface area contributed by atoms with Gasteiger partial charge < -0.3 is 9.64 Å². The van der Waals surface area contributed by atoms with Gasteiger partial charge in [-0.2, -0.15) is 16.4 Å². The van der Waals surface area contributed by atoms with Crippen molar-refractivity contribution in [1.82, 2.24) is 14.7 Å². The number of piperidine rings is 1. The highest BCUT2D eigenvalue weighted by Crippen LogP contribution is 2.24. The molecule has 0 spiro atoms. The van der Waals surface area contributed by atoms with Crippen molar-refractivity contribution in [2.45, 2.75) is 33.2 Å². The summed E-state index contributed by atoms with van der Waals surface area (Å²) in [7, 11) is 0. The van der Waals surface area contributed by atoms with Crippen molar-refractivity contribution in [3.05, 3.63) is 28.6 Å². The zero-order valence-electron chi connectivity index (χ0n) is 14.6. The van der Waals surface area contributed by atoms with Crippen molar-refractivity contribution in [1.29, 1.82) is 0 Å². The number of thiophene rings is 1. The molecule has 3 rings (SSSR count). The molecule has 0 bridgehead atoms. The molecule has 1 atom stereocenters. The number of ether oxygens (including phenoxy) is 1. The number of hydrogen-bond acceptors (Lipinski definition) is 5. The van der Waals surface area contributed by atoms with Gasteiger partial charge in [0.15, 0.2) is 0 Å². The monoisotopic (exact) mass is 361 g/mol. The fraction of sp³-hybridized carbons (Fsp3) is 0.500. The lowest BCUT2D eigenvalue weighted by molar-refractivity contribution is -0.149. The van der Waals surface area contributed by atoms with Gasteiger partial charge in [-0.3, -0.25) is 14.3 Å². The van der Waals surface area contributed by atoms with E-state index in [4.69, 9.17) is 4.74 Å². The van der Waals surface area contributed by atoms with Crippen LogP contribution < -0.4 is 0 Å². The third-order valence-electron chi connectivity index (χ3n) is 4.44. The van der Waals surface area contributed by atoms with Crippen molar-refractivity contribution >= 4 is 23.2 Å². The fourth-order valence-corrected chi connectivity index (χ4v) is 3.81. The Bertz CT molecular complexity index is 739. The Kier molecular flexibility index (Phi) is 5.53. The molecule has 0 radical (unpaired) electrons. The number of aromatic nitrogens is 2. The smallest absolute Gasteiger partial charge is 0.310 e. The van der Waals surface area contributed by atoms with Crippen LogP contribution in [0, 0.1) is 5.92 Å². The molecule has 2 aromatic rings. The van der Waals surface area contributed by atoms with E-state index < -0.39 is 0 Å². The SMILES string of the molecule is CCOC(=O)C1CCCN(C(=O)c2cc(-c3ccsc3)nn2CC)C1. The van der Waals surface area contributed by atoms with Gasteiger partial charge in [0.1, 0.15) is 5.69 Å². The summed E-state index contributed by atoms with van der Waals surface area (Å²) in [6, 6.07) is 3.85. The van der Waals surface area contributed by atoms with Gasteiger partial charge in [0.25, 0.3) is 5.91 Å². The maximum atomic E-state index is 13.0. The van der Waals surface area contributed by atoms with Crippen LogP contribution in [0.15, 0.2) is 22.9 Å². The summed E-state index contributed by atoms with van der Waals surface area (Å²) in [6.45, 7) is 5.85. The predicted molar refractivity (Wildman–Crippen MR) is 96.5 cm³/mol. The van der Waals surface area contributed by atoms with E-state index in [9.17, 15) is 9.59 Å². The summed E-state index contributed by atoms with van der Waals surface area (Å²) in [5, 5.41) is 8.57. The van der Waals surface area contributed by atoms with Gasteiger partial charge in [0, 0.05) is 30.6 Å². The van der Waals surface area contributed by atoms with E-state index in [-0.39, 0.29) is 17.8 Å². The normalized spacial score (nSPS) is 17.5. The zero-order valence-corrected chi connectivity index (χ0v) is 15.4. The number of carbonyl (C=O) groups excluding carboxylic acids is 2. The van der Waals surface area contributed by atoms with Gasteiger partial charge in [-0.15, -0.1) is 0 Å². The summed E-state index contributed by atoms with van der Waals surface area (Å²) in [5.41, 5.74) is 2.41. The highest BCUT2D eigenvalue weighted by molar-refractivity contribution is 7.08.